The van der Waals surface area contributed by atoms with Crippen LogP contribution in [0.15, 0.2) is 30.3 Å². The van der Waals surface area contributed by atoms with Crippen LogP contribution in [0.1, 0.15) is 40.0 Å². The van der Waals surface area contributed by atoms with Crippen molar-refractivity contribution in [2.24, 2.45) is 5.73 Å². The van der Waals surface area contributed by atoms with Gasteiger partial charge in [0.15, 0.2) is 0 Å². The maximum Gasteiger partial charge on any atom is 0.241 e. The Hall–Kier alpha value is -1.10. The van der Waals surface area contributed by atoms with Crippen LogP contribution in [0.5, 0.6) is 0 Å². The molecule has 0 bridgehead atoms. The summed E-state index contributed by atoms with van der Waals surface area (Å²) in [6.07, 6.45) is 3.46. The quantitative estimate of drug-likeness (QED) is 0.897. The van der Waals surface area contributed by atoms with Gasteiger partial charge in [-0.1, -0.05) is 24.6 Å². The number of halogens is 1. The number of anilines is 1. The van der Waals surface area contributed by atoms with Crippen molar-refractivity contribution in [1.82, 2.24) is 4.90 Å². The van der Waals surface area contributed by atoms with Gasteiger partial charge in [0.25, 0.3) is 0 Å². The molecule has 0 spiro atoms. The van der Waals surface area contributed by atoms with Crippen molar-refractivity contribution in [2.75, 3.05) is 18.0 Å². The molecule has 1 heterocycles. The first kappa shape index (κ1) is 19.9. The van der Waals surface area contributed by atoms with E-state index in [1.54, 1.807) is 0 Å². The van der Waals surface area contributed by atoms with Gasteiger partial charge in [-0.05, 0) is 52.3 Å². The van der Waals surface area contributed by atoms with Crippen LogP contribution in [0.3, 0.4) is 0 Å². The van der Waals surface area contributed by atoms with E-state index in [1.807, 2.05) is 42.2 Å². The number of para-hydroxylation sites is 1. The second-order valence-corrected chi connectivity index (χ2v) is 6.59. The van der Waals surface area contributed by atoms with E-state index in [0.717, 1.165) is 25.1 Å². The molecule has 1 fully saturated rings. The summed E-state index contributed by atoms with van der Waals surface area (Å²) in [5.74, 6) is 0.161. The second-order valence-electron chi connectivity index (χ2n) is 6.59. The molecule has 1 saturated heterocycles. The van der Waals surface area contributed by atoms with Crippen LogP contribution in [0.4, 0.5) is 5.69 Å². The minimum Gasteiger partial charge on any atom is -0.327 e. The van der Waals surface area contributed by atoms with Crippen LogP contribution >= 0.6 is 12.4 Å². The first-order valence-corrected chi connectivity index (χ1v) is 8.37. The molecule has 1 aromatic rings. The van der Waals surface area contributed by atoms with E-state index < -0.39 is 0 Å². The topological polar surface area (TPSA) is 49.6 Å². The van der Waals surface area contributed by atoms with Gasteiger partial charge in [-0.15, -0.1) is 12.4 Å². The van der Waals surface area contributed by atoms with E-state index in [0.29, 0.717) is 12.6 Å². The molecule has 130 valence electrons. The van der Waals surface area contributed by atoms with Gasteiger partial charge >= 0.3 is 0 Å². The van der Waals surface area contributed by atoms with Crippen LogP contribution in [0.25, 0.3) is 0 Å². The van der Waals surface area contributed by atoms with Gasteiger partial charge in [-0.2, -0.15) is 0 Å². The van der Waals surface area contributed by atoms with Gasteiger partial charge in [-0.3, -0.25) is 9.69 Å². The van der Waals surface area contributed by atoms with Crippen LogP contribution in [0, 0.1) is 0 Å². The molecule has 2 rings (SSSR count). The molecular weight excluding hydrogens is 310 g/mol. The number of carbonyl (C=O) groups excluding carboxylic acids is 1. The monoisotopic (exact) mass is 339 g/mol. The van der Waals surface area contributed by atoms with Gasteiger partial charge in [-0.25, -0.2) is 0 Å². The minimum atomic E-state index is 0. The van der Waals surface area contributed by atoms with Gasteiger partial charge in [0.05, 0.1) is 6.54 Å². The molecule has 4 nitrogen and oxygen atoms in total. The highest BCUT2D eigenvalue weighted by Gasteiger charge is 2.29. The first-order valence-electron chi connectivity index (χ1n) is 8.37. The number of nitrogens with two attached hydrogens (primary N) is 1. The lowest BCUT2D eigenvalue weighted by Gasteiger charge is -2.39. The molecule has 1 aliphatic heterocycles. The Morgan fingerprint density at radius 3 is 2.48 bits per heavy atom. The smallest absolute Gasteiger partial charge is 0.241 e. The zero-order valence-electron chi connectivity index (χ0n) is 14.4. The molecule has 2 unspecified atom stereocenters. The van der Waals surface area contributed by atoms with Gasteiger partial charge in [0.1, 0.15) is 0 Å². The molecule has 0 aliphatic carbocycles. The largest absolute Gasteiger partial charge is 0.327 e. The van der Waals surface area contributed by atoms with Gasteiger partial charge < -0.3 is 10.6 Å². The number of hydrogen-bond acceptors (Lipinski definition) is 3. The van der Waals surface area contributed by atoms with Crippen LogP contribution < -0.4 is 10.6 Å². The van der Waals surface area contributed by atoms with Crippen molar-refractivity contribution < 1.29 is 4.79 Å². The predicted molar refractivity (Wildman–Crippen MR) is 99.2 cm³/mol. The summed E-state index contributed by atoms with van der Waals surface area (Å²) in [4.78, 5) is 17.0. The van der Waals surface area contributed by atoms with E-state index in [2.05, 4.69) is 18.7 Å². The predicted octanol–water partition coefficient (Wildman–Crippen LogP) is 3.05. The molecule has 2 atom stereocenters. The molecule has 2 N–H and O–H groups in total. The highest BCUT2D eigenvalue weighted by molar-refractivity contribution is 5.95. The number of hydrogen-bond donors (Lipinski definition) is 1. The third kappa shape index (κ3) is 5.20. The number of rotatable bonds is 5. The maximum atomic E-state index is 12.9. The van der Waals surface area contributed by atoms with E-state index in [1.165, 1.54) is 6.42 Å². The molecule has 1 aliphatic rings. The third-order valence-corrected chi connectivity index (χ3v) is 4.43. The zero-order valence-corrected chi connectivity index (χ0v) is 15.3. The maximum absolute atomic E-state index is 12.9. The van der Waals surface area contributed by atoms with Crippen LogP contribution in [-0.2, 0) is 4.79 Å². The highest BCUT2D eigenvalue weighted by atomic mass is 35.5. The van der Waals surface area contributed by atoms with E-state index in [-0.39, 0.29) is 30.4 Å². The van der Waals surface area contributed by atoms with Gasteiger partial charge in [0, 0.05) is 23.8 Å². The van der Waals surface area contributed by atoms with Crippen LogP contribution in [0.2, 0.25) is 0 Å². The fraction of sp³-hybridized carbons (Fsp3) is 0.611. The highest BCUT2D eigenvalue weighted by Crippen LogP contribution is 2.21. The number of nitrogens with zero attached hydrogens (tertiary/aromatic N) is 2. The standard InChI is InChI=1S/C18H29N3O.ClH/c1-14(2)21(16-9-5-4-6-10-16)18(22)13-20-12-8-7-11-17(20)15(3)19;/h4-6,9-10,14-15,17H,7-8,11-13,19H2,1-3H3;1H. The summed E-state index contributed by atoms with van der Waals surface area (Å²) in [6.45, 7) is 7.59. The van der Waals surface area contributed by atoms with E-state index in [9.17, 15) is 4.79 Å². The Kier molecular flexibility index (Phi) is 8.03. The average molecular weight is 340 g/mol. The molecule has 0 saturated carbocycles. The summed E-state index contributed by atoms with van der Waals surface area (Å²) in [5.41, 5.74) is 7.08. The average Bonchev–Trinajstić information content (AvgIpc) is 2.48. The molecule has 5 heteroatoms. The Morgan fingerprint density at radius 2 is 1.91 bits per heavy atom. The van der Waals surface area contributed by atoms with E-state index in [4.69, 9.17) is 5.73 Å². The van der Waals surface area contributed by atoms with E-state index >= 15 is 0 Å². The molecule has 23 heavy (non-hydrogen) atoms. The van der Waals surface area contributed by atoms with Crippen molar-refractivity contribution in [3.8, 4) is 0 Å². The number of carbonyl (C=O) groups is 1. The zero-order chi connectivity index (χ0) is 16.1. The van der Waals surface area contributed by atoms with Crippen molar-refractivity contribution in [3.63, 3.8) is 0 Å². The second kappa shape index (κ2) is 9.26. The number of likely N-dealkylation sites (tertiary alicyclic amines) is 1. The Balaban J connectivity index is 0.00000264. The fourth-order valence-electron chi connectivity index (χ4n) is 3.38. The van der Waals surface area contributed by atoms with Crippen molar-refractivity contribution in [2.45, 2.75) is 58.2 Å². The molecule has 0 aromatic heterocycles. The Bertz CT molecular complexity index is 478. The Morgan fingerprint density at radius 1 is 1.26 bits per heavy atom. The summed E-state index contributed by atoms with van der Waals surface area (Å²) in [7, 11) is 0. The summed E-state index contributed by atoms with van der Waals surface area (Å²) in [5, 5.41) is 0. The number of piperidine rings is 1. The summed E-state index contributed by atoms with van der Waals surface area (Å²) in [6, 6.07) is 10.5. The molecule has 0 radical (unpaired) electrons. The first-order chi connectivity index (χ1) is 10.5. The normalized spacial score (nSPS) is 20.0. The minimum absolute atomic E-state index is 0. The lowest BCUT2D eigenvalue weighted by atomic mass is 9.97. The lowest BCUT2D eigenvalue weighted by molar-refractivity contribution is -0.121. The van der Waals surface area contributed by atoms with Crippen molar-refractivity contribution >= 4 is 24.0 Å². The van der Waals surface area contributed by atoms with Gasteiger partial charge in [0.2, 0.25) is 5.91 Å². The van der Waals surface area contributed by atoms with Crippen LogP contribution in [-0.4, -0.2) is 42.0 Å². The molecular formula is C18H30ClN3O. The lowest BCUT2D eigenvalue weighted by Crippen LogP contribution is -2.53. The number of benzene rings is 1. The summed E-state index contributed by atoms with van der Waals surface area (Å²) < 4.78 is 0. The summed E-state index contributed by atoms with van der Waals surface area (Å²) >= 11 is 0. The number of amides is 1. The SMILES string of the molecule is CC(N)C1CCCCN1CC(=O)N(c1ccccc1)C(C)C.Cl. The molecule has 1 aromatic carbocycles. The third-order valence-electron chi connectivity index (χ3n) is 4.43. The Labute approximate surface area is 146 Å². The molecule has 1 amide bonds. The van der Waals surface area contributed by atoms with Crippen molar-refractivity contribution in [3.05, 3.63) is 30.3 Å². The van der Waals surface area contributed by atoms with Crippen molar-refractivity contribution in [1.29, 1.82) is 0 Å². The fourth-order valence-corrected chi connectivity index (χ4v) is 3.38.